The summed E-state index contributed by atoms with van der Waals surface area (Å²) in [5.74, 6) is 0.928. The molecule has 82 valence electrons. The predicted octanol–water partition coefficient (Wildman–Crippen LogP) is 2.34. The van der Waals surface area contributed by atoms with Gasteiger partial charge in [0, 0.05) is 19.1 Å². The molecule has 1 aromatic rings. The number of ether oxygens (including phenoxy) is 1. The summed E-state index contributed by atoms with van der Waals surface area (Å²) in [6, 6.07) is 6.64. The number of rotatable bonds is 2. The van der Waals surface area contributed by atoms with Crippen molar-refractivity contribution in [3.05, 3.63) is 18.2 Å². The van der Waals surface area contributed by atoms with Gasteiger partial charge in [0.15, 0.2) is 0 Å². The smallest absolute Gasteiger partial charge is 0.144 e. The molecule has 0 saturated carbocycles. The average molecular weight is 206 g/mol. The average Bonchev–Trinajstić information content (AvgIpc) is 2.27. The molecule has 1 atom stereocenters. The van der Waals surface area contributed by atoms with E-state index in [0.29, 0.717) is 6.04 Å². The molecule has 2 rings (SSSR count). The van der Waals surface area contributed by atoms with Gasteiger partial charge in [-0.15, -0.1) is 0 Å². The van der Waals surface area contributed by atoms with Crippen molar-refractivity contribution < 1.29 is 4.74 Å². The summed E-state index contributed by atoms with van der Waals surface area (Å²) in [5.41, 5.74) is 2.37. The summed E-state index contributed by atoms with van der Waals surface area (Å²) in [6.45, 7) is 6.46. The van der Waals surface area contributed by atoms with Crippen molar-refractivity contribution in [3.63, 3.8) is 0 Å². The van der Waals surface area contributed by atoms with Crippen LogP contribution in [-0.4, -0.2) is 26.2 Å². The van der Waals surface area contributed by atoms with Gasteiger partial charge in [0.25, 0.3) is 0 Å². The minimum atomic E-state index is 0.466. The van der Waals surface area contributed by atoms with Crippen molar-refractivity contribution >= 4 is 11.4 Å². The molecule has 0 aromatic heterocycles. The standard InChI is InChI=1S/C12H18N2O/c1-4-14-8-9(2)13-12-10(14)6-5-7-11(12)15-3/h5-7,9,13H,4,8H2,1-3H3. The maximum absolute atomic E-state index is 5.36. The molecule has 0 fully saturated rings. The molecular formula is C12H18N2O. The highest BCUT2D eigenvalue weighted by molar-refractivity contribution is 5.78. The van der Waals surface area contributed by atoms with Crippen molar-refractivity contribution in [1.29, 1.82) is 0 Å². The van der Waals surface area contributed by atoms with E-state index in [1.807, 2.05) is 12.1 Å². The molecule has 3 heteroatoms. The molecule has 0 radical (unpaired) electrons. The molecule has 1 aliphatic rings. The molecule has 0 bridgehead atoms. The Balaban J connectivity index is 2.45. The molecule has 0 amide bonds. The Morgan fingerprint density at radius 3 is 3.00 bits per heavy atom. The van der Waals surface area contributed by atoms with E-state index in [1.165, 1.54) is 5.69 Å². The summed E-state index contributed by atoms with van der Waals surface area (Å²) in [4.78, 5) is 2.37. The van der Waals surface area contributed by atoms with Crippen LogP contribution in [0.2, 0.25) is 0 Å². The summed E-state index contributed by atoms with van der Waals surface area (Å²) in [7, 11) is 1.72. The molecule has 1 N–H and O–H groups in total. The second kappa shape index (κ2) is 4.01. The second-order valence-corrected chi connectivity index (χ2v) is 3.94. The second-order valence-electron chi connectivity index (χ2n) is 3.94. The first-order valence-electron chi connectivity index (χ1n) is 5.44. The van der Waals surface area contributed by atoms with Gasteiger partial charge in [0.1, 0.15) is 11.4 Å². The zero-order chi connectivity index (χ0) is 10.8. The Bertz CT molecular complexity index is 351. The van der Waals surface area contributed by atoms with E-state index >= 15 is 0 Å². The number of benzene rings is 1. The Hall–Kier alpha value is -1.38. The van der Waals surface area contributed by atoms with Gasteiger partial charge >= 0.3 is 0 Å². The maximum Gasteiger partial charge on any atom is 0.144 e. The summed E-state index contributed by atoms with van der Waals surface area (Å²) in [6.07, 6.45) is 0. The van der Waals surface area contributed by atoms with Crippen LogP contribution in [0.15, 0.2) is 18.2 Å². The van der Waals surface area contributed by atoms with E-state index in [2.05, 4.69) is 30.1 Å². The lowest BCUT2D eigenvalue weighted by atomic mass is 10.1. The highest BCUT2D eigenvalue weighted by atomic mass is 16.5. The van der Waals surface area contributed by atoms with E-state index in [1.54, 1.807) is 7.11 Å². The van der Waals surface area contributed by atoms with Gasteiger partial charge in [0.05, 0.1) is 12.8 Å². The van der Waals surface area contributed by atoms with Crippen molar-refractivity contribution in [2.24, 2.45) is 0 Å². The van der Waals surface area contributed by atoms with Gasteiger partial charge < -0.3 is 15.0 Å². The molecule has 1 unspecified atom stereocenters. The van der Waals surface area contributed by atoms with Crippen LogP contribution in [-0.2, 0) is 0 Å². The number of likely N-dealkylation sites (N-methyl/N-ethyl adjacent to an activating group) is 1. The van der Waals surface area contributed by atoms with Crippen molar-refractivity contribution in [2.75, 3.05) is 30.4 Å². The van der Waals surface area contributed by atoms with E-state index in [9.17, 15) is 0 Å². The molecule has 15 heavy (non-hydrogen) atoms. The van der Waals surface area contributed by atoms with Gasteiger partial charge in [0.2, 0.25) is 0 Å². The molecule has 0 spiro atoms. The first-order chi connectivity index (χ1) is 7.26. The quantitative estimate of drug-likeness (QED) is 0.803. The first kappa shape index (κ1) is 10.1. The Labute approximate surface area is 91.0 Å². The molecule has 1 heterocycles. The normalized spacial score (nSPS) is 19.4. The van der Waals surface area contributed by atoms with Crippen molar-refractivity contribution in [3.8, 4) is 5.75 Å². The zero-order valence-corrected chi connectivity index (χ0v) is 9.58. The third kappa shape index (κ3) is 1.74. The predicted molar refractivity (Wildman–Crippen MR) is 64.0 cm³/mol. The van der Waals surface area contributed by atoms with Crippen LogP contribution in [0, 0.1) is 0 Å². The van der Waals surface area contributed by atoms with Gasteiger partial charge in [-0.1, -0.05) is 6.07 Å². The first-order valence-corrected chi connectivity index (χ1v) is 5.44. The third-order valence-electron chi connectivity index (χ3n) is 2.83. The Morgan fingerprint density at radius 1 is 1.53 bits per heavy atom. The Morgan fingerprint density at radius 2 is 2.33 bits per heavy atom. The van der Waals surface area contributed by atoms with E-state index in [4.69, 9.17) is 4.74 Å². The maximum atomic E-state index is 5.36. The topological polar surface area (TPSA) is 24.5 Å². The van der Waals surface area contributed by atoms with Crippen LogP contribution in [0.1, 0.15) is 13.8 Å². The molecule has 3 nitrogen and oxygen atoms in total. The third-order valence-corrected chi connectivity index (χ3v) is 2.83. The molecule has 0 saturated heterocycles. The van der Waals surface area contributed by atoms with Crippen LogP contribution in [0.4, 0.5) is 11.4 Å². The van der Waals surface area contributed by atoms with Gasteiger partial charge in [-0.2, -0.15) is 0 Å². The monoisotopic (exact) mass is 206 g/mol. The van der Waals surface area contributed by atoms with Crippen LogP contribution < -0.4 is 15.0 Å². The molecule has 1 aliphatic heterocycles. The number of nitrogens with one attached hydrogen (secondary N) is 1. The lowest BCUT2D eigenvalue weighted by molar-refractivity contribution is 0.415. The lowest BCUT2D eigenvalue weighted by Crippen LogP contribution is -2.39. The van der Waals surface area contributed by atoms with Crippen LogP contribution in [0.25, 0.3) is 0 Å². The fraction of sp³-hybridized carbons (Fsp3) is 0.500. The minimum absolute atomic E-state index is 0.466. The highest BCUT2D eigenvalue weighted by Crippen LogP contribution is 2.38. The minimum Gasteiger partial charge on any atom is -0.495 e. The van der Waals surface area contributed by atoms with Crippen LogP contribution in [0.3, 0.4) is 0 Å². The highest BCUT2D eigenvalue weighted by Gasteiger charge is 2.22. The van der Waals surface area contributed by atoms with Gasteiger partial charge in [-0.05, 0) is 26.0 Å². The number of fused-ring (bicyclic) bond motifs is 1. The van der Waals surface area contributed by atoms with Crippen LogP contribution in [0.5, 0.6) is 5.75 Å². The number of nitrogens with zero attached hydrogens (tertiary/aromatic N) is 1. The van der Waals surface area contributed by atoms with E-state index in [0.717, 1.165) is 24.5 Å². The number of hydrogen-bond acceptors (Lipinski definition) is 3. The van der Waals surface area contributed by atoms with Crippen LogP contribution >= 0.6 is 0 Å². The molecular weight excluding hydrogens is 188 g/mol. The zero-order valence-electron chi connectivity index (χ0n) is 9.58. The fourth-order valence-corrected chi connectivity index (χ4v) is 2.12. The summed E-state index contributed by atoms with van der Waals surface area (Å²) >= 11 is 0. The molecule has 1 aromatic carbocycles. The number of hydrogen-bond donors (Lipinski definition) is 1. The Kier molecular flexibility index (Phi) is 2.71. The van der Waals surface area contributed by atoms with Gasteiger partial charge in [-0.3, -0.25) is 0 Å². The number of para-hydroxylation sites is 1. The summed E-state index contributed by atoms with van der Waals surface area (Å²) in [5, 5.41) is 3.48. The largest absolute Gasteiger partial charge is 0.495 e. The number of anilines is 2. The molecule has 0 aliphatic carbocycles. The lowest BCUT2D eigenvalue weighted by Gasteiger charge is -2.35. The number of methoxy groups -OCH3 is 1. The fourth-order valence-electron chi connectivity index (χ4n) is 2.12. The van der Waals surface area contributed by atoms with E-state index < -0.39 is 0 Å². The van der Waals surface area contributed by atoms with Gasteiger partial charge in [-0.25, -0.2) is 0 Å². The van der Waals surface area contributed by atoms with Crippen molar-refractivity contribution in [2.45, 2.75) is 19.9 Å². The SMILES string of the molecule is CCN1CC(C)Nc2c(OC)cccc21. The van der Waals surface area contributed by atoms with Crippen molar-refractivity contribution in [1.82, 2.24) is 0 Å². The van der Waals surface area contributed by atoms with E-state index in [-0.39, 0.29) is 0 Å². The summed E-state index contributed by atoms with van der Waals surface area (Å²) < 4.78 is 5.36.